The molecule has 1 aromatic carbocycles. The van der Waals surface area contributed by atoms with Crippen molar-refractivity contribution in [2.24, 2.45) is 0 Å². The Labute approximate surface area is 101 Å². The zero-order chi connectivity index (χ0) is 12.4. The Balaban J connectivity index is 2.56. The lowest BCUT2D eigenvalue weighted by Crippen LogP contribution is -2.03. The maximum absolute atomic E-state index is 11.6. The molecule has 0 radical (unpaired) electrons. The van der Waals surface area contributed by atoms with Gasteiger partial charge in [-0.05, 0) is 36.6 Å². The van der Waals surface area contributed by atoms with E-state index in [0.29, 0.717) is 5.56 Å². The van der Waals surface area contributed by atoms with E-state index in [1.54, 1.807) is 0 Å². The summed E-state index contributed by atoms with van der Waals surface area (Å²) in [5.41, 5.74) is 3.90. The van der Waals surface area contributed by atoms with Crippen LogP contribution in [0.25, 0.3) is 10.9 Å². The van der Waals surface area contributed by atoms with Gasteiger partial charge in [0, 0.05) is 17.1 Å². The summed E-state index contributed by atoms with van der Waals surface area (Å²) in [6.45, 7) is 4.10. The first-order chi connectivity index (χ1) is 8.17. The zero-order valence-corrected chi connectivity index (χ0v) is 10.5. The molecule has 0 unspecified atom stereocenters. The molecule has 3 heteroatoms. The monoisotopic (exact) mass is 231 g/mol. The van der Waals surface area contributed by atoms with E-state index in [1.807, 2.05) is 19.2 Å². The van der Waals surface area contributed by atoms with Crippen LogP contribution in [0.5, 0.6) is 0 Å². The molecule has 0 aliphatic heterocycles. The number of fused-ring (bicyclic) bond motifs is 1. The number of H-pyrrole nitrogens is 1. The summed E-state index contributed by atoms with van der Waals surface area (Å²) < 4.78 is 4.77. The number of methoxy groups -OCH3 is 1. The Kier molecular flexibility index (Phi) is 3.18. The van der Waals surface area contributed by atoms with Gasteiger partial charge in [-0.15, -0.1) is 0 Å². The molecule has 0 atom stereocenters. The summed E-state index contributed by atoms with van der Waals surface area (Å²) in [5, 5.41) is 1.21. The molecule has 1 N–H and O–H groups in total. The lowest BCUT2D eigenvalue weighted by atomic mass is 10.0. The third-order valence-electron chi connectivity index (χ3n) is 3.04. The molecule has 0 aliphatic rings. The first kappa shape index (κ1) is 11.7. The number of hydrogen-bond donors (Lipinski definition) is 1. The summed E-state index contributed by atoms with van der Waals surface area (Å²) in [4.78, 5) is 14.8. The molecule has 0 saturated heterocycles. The second kappa shape index (κ2) is 4.62. The van der Waals surface area contributed by atoms with E-state index in [9.17, 15) is 4.79 Å². The van der Waals surface area contributed by atoms with Crippen LogP contribution >= 0.6 is 0 Å². The van der Waals surface area contributed by atoms with Gasteiger partial charge in [0.05, 0.1) is 12.7 Å². The minimum atomic E-state index is -0.281. The summed E-state index contributed by atoms with van der Waals surface area (Å²) in [6.07, 6.45) is 4.19. The molecular weight excluding hydrogens is 214 g/mol. The minimum Gasteiger partial charge on any atom is -0.465 e. The molecule has 3 nitrogen and oxygen atoms in total. The van der Waals surface area contributed by atoms with Gasteiger partial charge in [-0.25, -0.2) is 4.79 Å². The number of aromatic nitrogens is 1. The average Bonchev–Trinajstić information content (AvgIpc) is 2.70. The molecule has 2 rings (SSSR count). The summed E-state index contributed by atoms with van der Waals surface area (Å²) >= 11 is 0. The van der Waals surface area contributed by atoms with Crippen LogP contribution in [0.4, 0.5) is 0 Å². The van der Waals surface area contributed by atoms with E-state index in [4.69, 9.17) is 4.74 Å². The fourth-order valence-electron chi connectivity index (χ4n) is 2.14. The fraction of sp³-hybridized carbons (Fsp3) is 0.357. The Bertz CT molecular complexity index is 555. The summed E-state index contributed by atoms with van der Waals surface area (Å²) in [6, 6.07) is 3.93. The molecule has 1 heterocycles. The Hall–Kier alpha value is -1.77. The van der Waals surface area contributed by atoms with Crippen LogP contribution in [-0.2, 0) is 11.2 Å². The highest BCUT2D eigenvalue weighted by Gasteiger charge is 2.12. The Morgan fingerprint density at radius 3 is 2.82 bits per heavy atom. The van der Waals surface area contributed by atoms with Crippen molar-refractivity contribution in [3.8, 4) is 0 Å². The van der Waals surface area contributed by atoms with Crippen molar-refractivity contribution in [2.45, 2.75) is 26.7 Å². The number of esters is 1. The van der Waals surface area contributed by atoms with Crippen molar-refractivity contribution < 1.29 is 9.53 Å². The topological polar surface area (TPSA) is 42.1 Å². The smallest absolute Gasteiger partial charge is 0.338 e. The number of aromatic amines is 1. The Morgan fingerprint density at radius 2 is 2.18 bits per heavy atom. The lowest BCUT2D eigenvalue weighted by Gasteiger charge is -2.05. The Morgan fingerprint density at radius 1 is 1.41 bits per heavy atom. The zero-order valence-electron chi connectivity index (χ0n) is 10.5. The number of aryl methyl sites for hydroxylation is 2. The van der Waals surface area contributed by atoms with Gasteiger partial charge in [-0.1, -0.05) is 13.3 Å². The van der Waals surface area contributed by atoms with Gasteiger partial charge in [0.1, 0.15) is 0 Å². The predicted molar refractivity (Wildman–Crippen MR) is 68.4 cm³/mol. The fourth-order valence-corrected chi connectivity index (χ4v) is 2.14. The molecule has 17 heavy (non-hydrogen) atoms. The van der Waals surface area contributed by atoms with Gasteiger partial charge in [0.25, 0.3) is 0 Å². The third-order valence-corrected chi connectivity index (χ3v) is 3.04. The predicted octanol–water partition coefficient (Wildman–Crippen LogP) is 3.22. The van der Waals surface area contributed by atoms with Gasteiger partial charge in [-0.2, -0.15) is 0 Å². The highest BCUT2D eigenvalue weighted by atomic mass is 16.5. The quantitative estimate of drug-likeness (QED) is 0.824. The van der Waals surface area contributed by atoms with Crippen molar-refractivity contribution in [1.82, 2.24) is 4.98 Å². The van der Waals surface area contributed by atoms with Crippen LogP contribution < -0.4 is 0 Å². The van der Waals surface area contributed by atoms with Gasteiger partial charge in [0.2, 0.25) is 0 Å². The van der Waals surface area contributed by atoms with Crippen LogP contribution in [0, 0.1) is 6.92 Å². The van der Waals surface area contributed by atoms with E-state index in [0.717, 1.165) is 23.9 Å². The summed E-state index contributed by atoms with van der Waals surface area (Å²) in [7, 11) is 1.41. The van der Waals surface area contributed by atoms with E-state index in [1.165, 1.54) is 18.1 Å². The van der Waals surface area contributed by atoms with Crippen molar-refractivity contribution >= 4 is 16.9 Å². The SMILES string of the molecule is CCCc1c[nH]c2cc(C(=O)OC)c(C)cc12. The molecule has 0 aliphatic carbocycles. The number of rotatable bonds is 3. The number of carbonyl (C=O) groups excluding carboxylic acids is 1. The second-order valence-corrected chi connectivity index (χ2v) is 4.27. The average molecular weight is 231 g/mol. The minimum absolute atomic E-state index is 0.281. The molecule has 0 saturated carbocycles. The molecular formula is C14H17NO2. The number of nitrogens with one attached hydrogen (secondary N) is 1. The molecule has 0 amide bonds. The van der Waals surface area contributed by atoms with E-state index in [2.05, 4.69) is 18.0 Å². The van der Waals surface area contributed by atoms with Crippen molar-refractivity contribution in [3.05, 3.63) is 35.0 Å². The van der Waals surface area contributed by atoms with Crippen LogP contribution in [0.15, 0.2) is 18.3 Å². The van der Waals surface area contributed by atoms with E-state index >= 15 is 0 Å². The summed E-state index contributed by atoms with van der Waals surface area (Å²) in [5.74, 6) is -0.281. The highest BCUT2D eigenvalue weighted by molar-refractivity contribution is 5.97. The number of carbonyl (C=O) groups is 1. The molecule has 0 fully saturated rings. The van der Waals surface area contributed by atoms with Crippen LogP contribution in [-0.4, -0.2) is 18.1 Å². The highest BCUT2D eigenvalue weighted by Crippen LogP contribution is 2.24. The van der Waals surface area contributed by atoms with Gasteiger partial charge in [0.15, 0.2) is 0 Å². The molecule has 1 aromatic heterocycles. The second-order valence-electron chi connectivity index (χ2n) is 4.27. The standard InChI is InChI=1S/C14H17NO2/c1-4-5-10-8-15-13-7-11(14(16)17-3)9(2)6-12(10)13/h6-8,15H,4-5H2,1-3H3. The van der Waals surface area contributed by atoms with Crippen LogP contribution in [0.1, 0.15) is 34.8 Å². The molecule has 0 spiro atoms. The molecule has 0 bridgehead atoms. The first-order valence-electron chi connectivity index (χ1n) is 5.86. The molecule has 2 aromatic rings. The number of hydrogen-bond acceptors (Lipinski definition) is 2. The lowest BCUT2D eigenvalue weighted by molar-refractivity contribution is 0.0600. The number of benzene rings is 1. The van der Waals surface area contributed by atoms with Crippen molar-refractivity contribution in [2.75, 3.05) is 7.11 Å². The largest absolute Gasteiger partial charge is 0.465 e. The third kappa shape index (κ3) is 2.05. The van der Waals surface area contributed by atoms with Gasteiger partial charge >= 0.3 is 5.97 Å². The normalized spacial score (nSPS) is 10.8. The van der Waals surface area contributed by atoms with Crippen LogP contribution in [0.2, 0.25) is 0 Å². The van der Waals surface area contributed by atoms with Crippen molar-refractivity contribution in [3.63, 3.8) is 0 Å². The van der Waals surface area contributed by atoms with Crippen LogP contribution in [0.3, 0.4) is 0 Å². The van der Waals surface area contributed by atoms with Crippen molar-refractivity contribution in [1.29, 1.82) is 0 Å². The van der Waals surface area contributed by atoms with E-state index in [-0.39, 0.29) is 5.97 Å². The maximum Gasteiger partial charge on any atom is 0.338 e. The first-order valence-corrected chi connectivity index (χ1v) is 5.86. The van der Waals surface area contributed by atoms with E-state index < -0.39 is 0 Å². The van der Waals surface area contributed by atoms with Gasteiger partial charge < -0.3 is 9.72 Å². The van der Waals surface area contributed by atoms with Gasteiger partial charge in [-0.3, -0.25) is 0 Å². The molecule has 90 valence electrons. The number of ether oxygens (including phenoxy) is 1. The maximum atomic E-state index is 11.6.